The maximum Gasteiger partial charge on any atom is 0.154 e. The minimum Gasteiger partial charge on any atom is -0.393 e. The van der Waals surface area contributed by atoms with E-state index < -0.39 is 12.2 Å². The Morgan fingerprint density at radius 1 is 1.39 bits per heavy atom. The van der Waals surface area contributed by atoms with Gasteiger partial charge in [-0.1, -0.05) is 12.1 Å². The second-order valence-electron chi connectivity index (χ2n) is 4.10. The van der Waals surface area contributed by atoms with Gasteiger partial charge in [0.1, 0.15) is 0 Å². The van der Waals surface area contributed by atoms with Crippen LogP contribution in [-0.2, 0) is 12.6 Å². The number of imidazole rings is 1. The smallest absolute Gasteiger partial charge is 0.154 e. The maximum absolute atomic E-state index is 10.6. The van der Waals surface area contributed by atoms with Gasteiger partial charge < -0.3 is 14.8 Å². The third kappa shape index (κ3) is 1.88. The van der Waals surface area contributed by atoms with Crippen molar-refractivity contribution in [3.8, 4) is 6.07 Å². The summed E-state index contributed by atoms with van der Waals surface area (Å²) in [6.45, 7) is -0.460. The maximum atomic E-state index is 10.6. The van der Waals surface area contributed by atoms with Gasteiger partial charge >= 0.3 is 0 Å². The average molecular weight is 243 g/mol. The number of hydrogen-bond donors (Lipinski definition) is 2. The molecule has 1 aromatic carbocycles. The SMILES string of the molecule is Cn1cncc1[C@](O)(CO)c1ccc(C#N)cc1. The molecule has 2 aromatic rings. The van der Waals surface area contributed by atoms with Gasteiger partial charge in [-0.05, 0) is 17.7 Å². The summed E-state index contributed by atoms with van der Waals surface area (Å²) < 4.78 is 1.65. The first kappa shape index (κ1) is 12.3. The molecule has 5 heteroatoms. The van der Waals surface area contributed by atoms with Gasteiger partial charge in [0.05, 0.1) is 36.5 Å². The molecule has 0 aliphatic rings. The molecule has 1 atom stereocenters. The van der Waals surface area contributed by atoms with Crippen molar-refractivity contribution in [2.45, 2.75) is 5.60 Å². The molecule has 18 heavy (non-hydrogen) atoms. The highest BCUT2D eigenvalue weighted by Crippen LogP contribution is 2.28. The Labute approximate surface area is 105 Å². The molecule has 0 aliphatic heterocycles. The van der Waals surface area contributed by atoms with Crippen LogP contribution < -0.4 is 0 Å². The Morgan fingerprint density at radius 2 is 2.06 bits per heavy atom. The van der Waals surface area contributed by atoms with E-state index in [0.29, 0.717) is 16.8 Å². The normalized spacial score (nSPS) is 13.9. The zero-order chi connectivity index (χ0) is 13.2. The van der Waals surface area contributed by atoms with Crippen LogP contribution in [0.1, 0.15) is 16.8 Å². The molecule has 2 N–H and O–H groups in total. The van der Waals surface area contributed by atoms with Gasteiger partial charge in [-0.2, -0.15) is 5.26 Å². The fraction of sp³-hybridized carbons (Fsp3) is 0.231. The summed E-state index contributed by atoms with van der Waals surface area (Å²) >= 11 is 0. The van der Waals surface area contributed by atoms with E-state index >= 15 is 0 Å². The van der Waals surface area contributed by atoms with Crippen LogP contribution >= 0.6 is 0 Å². The molecular weight excluding hydrogens is 230 g/mol. The number of rotatable bonds is 3. The molecule has 5 nitrogen and oxygen atoms in total. The van der Waals surface area contributed by atoms with Crippen LogP contribution in [0.5, 0.6) is 0 Å². The minimum atomic E-state index is -1.51. The fourth-order valence-electron chi connectivity index (χ4n) is 1.90. The van der Waals surface area contributed by atoms with E-state index in [1.165, 1.54) is 6.20 Å². The van der Waals surface area contributed by atoms with Crippen molar-refractivity contribution in [2.75, 3.05) is 6.61 Å². The number of aryl methyl sites for hydroxylation is 1. The second kappa shape index (κ2) is 4.61. The number of aliphatic hydroxyl groups is 2. The fourth-order valence-corrected chi connectivity index (χ4v) is 1.90. The highest BCUT2D eigenvalue weighted by molar-refractivity contribution is 5.37. The largest absolute Gasteiger partial charge is 0.393 e. The Balaban J connectivity index is 2.50. The van der Waals surface area contributed by atoms with Gasteiger partial charge in [0.2, 0.25) is 0 Å². The van der Waals surface area contributed by atoms with Crippen molar-refractivity contribution in [1.29, 1.82) is 5.26 Å². The van der Waals surface area contributed by atoms with Gasteiger partial charge in [0.25, 0.3) is 0 Å². The average Bonchev–Trinajstić information content (AvgIpc) is 2.85. The van der Waals surface area contributed by atoms with Crippen molar-refractivity contribution in [3.63, 3.8) is 0 Å². The molecule has 1 aromatic heterocycles. The first-order valence-corrected chi connectivity index (χ1v) is 5.42. The van der Waals surface area contributed by atoms with E-state index in [1.54, 1.807) is 42.2 Å². The summed E-state index contributed by atoms with van der Waals surface area (Å²) in [5, 5.41) is 28.8. The summed E-state index contributed by atoms with van der Waals surface area (Å²) in [5.74, 6) is 0. The van der Waals surface area contributed by atoms with E-state index in [2.05, 4.69) is 4.98 Å². The lowest BCUT2D eigenvalue weighted by Crippen LogP contribution is -2.33. The number of aliphatic hydroxyl groups excluding tert-OH is 1. The van der Waals surface area contributed by atoms with Crippen molar-refractivity contribution < 1.29 is 10.2 Å². The first-order chi connectivity index (χ1) is 8.61. The quantitative estimate of drug-likeness (QED) is 0.823. The molecule has 92 valence electrons. The lowest BCUT2D eigenvalue weighted by atomic mass is 9.91. The van der Waals surface area contributed by atoms with E-state index in [0.717, 1.165) is 0 Å². The zero-order valence-corrected chi connectivity index (χ0v) is 9.91. The number of nitriles is 1. The van der Waals surface area contributed by atoms with E-state index in [4.69, 9.17) is 5.26 Å². The van der Waals surface area contributed by atoms with Gasteiger partial charge in [0, 0.05) is 7.05 Å². The molecule has 1 heterocycles. The third-order valence-corrected chi connectivity index (χ3v) is 2.96. The second-order valence-corrected chi connectivity index (χ2v) is 4.10. The monoisotopic (exact) mass is 243 g/mol. The molecule has 0 amide bonds. The first-order valence-electron chi connectivity index (χ1n) is 5.42. The van der Waals surface area contributed by atoms with Gasteiger partial charge in [-0.3, -0.25) is 0 Å². The topological polar surface area (TPSA) is 82.1 Å². The predicted molar refractivity (Wildman–Crippen MR) is 64.4 cm³/mol. The van der Waals surface area contributed by atoms with Crippen LogP contribution in [0.3, 0.4) is 0 Å². The van der Waals surface area contributed by atoms with Gasteiger partial charge in [-0.25, -0.2) is 4.98 Å². The van der Waals surface area contributed by atoms with Crippen LogP contribution in [0, 0.1) is 11.3 Å². The Bertz CT molecular complexity index is 583. The summed E-state index contributed by atoms with van der Waals surface area (Å²) in [6, 6.07) is 8.47. The van der Waals surface area contributed by atoms with Crippen molar-refractivity contribution in [3.05, 3.63) is 53.6 Å². The van der Waals surface area contributed by atoms with E-state index in [9.17, 15) is 10.2 Å². The molecule has 0 spiro atoms. The van der Waals surface area contributed by atoms with Gasteiger partial charge in [-0.15, -0.1) is 0 Å². The summed E-state index contributed by atoms with van der Waals surface area (Å²) in [5.41, 5.74) is 0.00512. The Morgan fingerprint density at radius 3 is 2.50 bits per heavy atom. The number of benzene rings is 1. The Hall–Kier alpha value is -2.16. The molecule has 0 unspecified atom stereocenters. The summed E-state index contributed by atoms with van der Waals surface area (Å²) in [7, 11) is 1.74. The van der Waals surface area contributed by atoms with Crippen LogP contribution in [0.25, 0.3) is 0 Å². The molecule has 0 fully saturated rings. The number of nitrogens with zero attached hydrogens (tertiary/aromatic N) is 3. The van der Waals surface area contributed by atoms with Crippen LogP contribution in [-0.4, -0.2) is 26.4 Å². The summed E-state index contributed by atoms with van der Waals surface area (Å²) in [4.78, 5) is 3.93. The van der Waals surface area contributed by atoms with Crippen molar-refractivity contribution >= 4 is 0 Å². The number of aromatic nitrogens is 2. The van der Waals surface area contributed by atoms with Crippen LogP contribution in [0.4, 0.5) is 0 Å². The minimum absolute atomic E-state index is 0.460. The Kier molecular flexibility index (Phi) is 3.15. The van der Waals surface area contributed by atoms with Crippen LogP contribution in [0.2, 0.25) is 0 Å². The summed E-state index contributed by atoms with van der Waals surface area (Å²) in [6.07, 6.45) is 3.06. The van der Waals surface area contributed by atoms with Crippen molar-refractivity contribution in [2.24, 2.45) is 7.05 Å². The lowest BCUT2D eigenvalue weighted by Gasteiger charge is -2.26. The van der Waals surface area contributed by atoms with Crippen LogP contribution in [0.15, 0.2) is 36.8 Å². The molecule has 0 saturated carbocycles. The zero-order valence-electron chi connectivity index (χ0n) is 9.91. The van der Waals surface area contributed by atoms with Crippen molar-refractivity contribution in [1.82, 2.24) is 9.55 Å². The van der Waals surface area contributed by atoms with E-state index in [1.807, 2.05) is 6.07 Å². The highest BCUT2D eigenvalue weighted by Gasteiger charge is 2.33. The molecule has 0 radical (unpaired) electrons. The standard InChI is InChI=1S/C13H13N3O2/c1-16-9-15-7-12(16)13(18,8-17)11-4-2-10(6-14)3-5-11/h2-5,7,9,17-18H,8H2,1H3/t13-/m0/s1. The molecular formula is C13H13N3O2. The molecule has 0 saturated heterocycles. The highest BCUT2D eigenvalue weighted by atomic mass is 16.3. The predicted octanol–water partition coefficient (Wildman–Crippen LogP) is 0.520. The van der Waals surface area contributed by atoms with Gasteiger partial charge in [0.15, 0.2) is 5.60 Å². The molecule has 0 aliphatic carbocycles. The van der Waals surface area contributed by atoms with E-state index in [-0.39, 0.29) is 0 Å². The number of hydrogen-bond acceptors (Lipinski definition) is 4. The third-order valence-electron chi connectivity index (χ3n) is 2.96. The lowest BCUT2D eigenvalue weighted by molar-refractivity contribution is 0.0115. The molecule has 0 bridgehead atoms. The molecule has 2 rings (SSSR count).